The molecule has 1 saturated heterocycles. The number of alkyl halides is 2. The van der Waals surface area contributed by atoms with Gasteiger partial charge in [-0.05, 0) is 29.7 Å². The number of ether oxygens (including phenoxy) is 2. The summed E-state index contributed by atoms with van der Waals surface area (Å²) in [7, 11) is 3.41. The van der Waals surface area contributed by atoms with Crippen LogP contribution < -0.4 is 20.3 Å². The topological polar surface area (TPSA) is 58.1 Å². The summed E-state index contributed by atoms with van der Waals surface area (Å²) in [6, 6.07) is 15.2. The lowest BCUT2D eigenvalue weighted by Gasteiger charge is -2.22. The van der Waals surface area contributed by atoms with Crippen molar-refractivity contribution in [1.29, 1.82) is 0 Å². The Morgan fingerprint density at radius 3 is 2.71 bits per heavy atom. The second-order valence-electron chi connectivity index (χ2n) is 7.10. The molecule has 6 nitrogen and oxygen atoms in total. The molecule has 170 valence electrons. The average molecular weight is 546 g/mol. The maximum atomic E-state index is 12.7. The molecule has 0 aromatic heterocycles. The van der Waals surface area contributed by atoms with E-state index in [1.807, 2.05) is 18.2 Å². The van der Waals surface area contributed by atoms with Crippen molar-refractivity contribution in [3.8, 4) is 5.75 Å². The van der Waals surface area contributed by atoms with Crippen molar-refractivity contribution in [2.45, 2.75) is 32.2 Å². The van der Waals surface area contributed by atoms with Crippen LogP contribution >= 0.6 is 24.0 Å². The zero-order valence-electron chi connectivity index (χ0n) is 17.7. The molecule has 0 aliphatic carbocycles. The molecule has 0 spiro atoms. The molecule has 1 aliphatic rings. The molecule has 1 heterocycles. The number of nitrogens with zero attached hydrogens (tertiary/aromatic N) is 2. The van der Waals surface area contributed by atoms with Crippen LogP contribution in [-0.4, -0.2) is 45.9 Å². The first-order valence-electron chi connectivity index (χ1n) is 9.91. The maximum absolute atomic E-state index is 12.7. The Labute approximate surface area is 199 Å². The molecule has 2 aromatic carbocycles. The summed E-state index contributed by atoms with van der Waals surface area (Å²) in [5, 5.41) is 6.75. The number of nitrogens with one attached hydrogen (secondary N) is 2. The number of methoxy groups -OCH3 is 1. The van der Waals surface area contributed by atoms with Crippen molar-refractivity contribution in [1.82, 2.24) is 10.6 Å². The molecular weight excluding hydrogens is 517 g/mol. The third kappa shape index (κ3) is 7.49. The molecule has 1 unspecified atom stereocenters. The number of guanidine groups is 1. The van der Waals surface area contributed by atoms with Crippen LogP contribution in [0.1, 0.15) is 17.5 Å². The van der Waals surface area contributed by atoms with E-state index in [9.17, 15) is 8.78 Å². The van der Waals surface area contributed by atoms with Gasteiger partial charge < -0.3 is 25.0 Å². The van der Waals surface area contributed by atoms with Crippen LogP contribution in [-0.2, 0) is 17.9 Å². The third-order valence-electron chi connectivity index (χ3n) is 4.94. The predicted octanol–water partition coefficient (Wildman–Crippen LogP) is 4.00. The summed E-state index contributed by atoms with van der Waals surface area (Å²) in [6.45, 7) is -0.202. The van der Waals surface area contributed by atoms with E-state index in [2.05, 4.69) is 37.4 Å². The summed E-state index contributed by atoms with van der Waals surface area (Å²) >= 11 is 0. The van der Waals surface area contributed by atoms with Gasteiger partial charge in [-0.1, -0.05) is 36.4 Å². The Hall–Kier alpha value is -2.14. The molecule has 1 atom stereocenters. The quantitative estimate of drug-likeness (QED) is 0.298. The molecule has 2 aromatic rings. The van der Waals surface area contributed by atoms with E-state index in [-0.39, 0.29) is 35.8 Å². The fourth-order valence-corrected chi connectivity index (χ4v) is 3.58. The lowest BCUT2D eigenvalue weighted by molar-refractivity contribution is -0.0495. The largest absolute Gasteiger partial charge is 0.433 e. The minimum Gasteiger partial charge on any atom is -0.433 e. The van der Waals surface area contributed by atoms with Gasteiger partial charge in [-0.3, -0.25) is 4.99 Å². The first kappa shape index (κ1) is 25.1. The monoisotopic (exact) mass is 546 g/mol. The van der Waals surface area contributed by atoms with Crippen LogP contribution in [0.3, 0.4) is 0 Å². The fourth-order valence-electron chi connectivity index (χ4n) is 3.58. The molecule has 0 radical (unpaired) electrons. The lowest BCUT2D eigenvalue weighted by atomic mass is 10.1. The molecule has 3 rings (SSSR count). The summed E-state index contributed by atoms with van der Waals surface area (Å²) in [5.74, 6) is 0.905. The smallest absolute Gasteiger partial charge is 0.387 e. The number of rotatable bonds is 8. The average Bonchev–Trinajstić information content (AvgIpc) is 3.20. The number of hydrogen-bond acceptors (Lipinski definition) is 4. The van der Waals surface area contributed by atoms with Gasteiger partial charge in [0.1, 0.15) is 5.75 Å². The Morgan fingerprint density at radius 2 is 1.97 bits per heavy atom. The number of para-hydroxylation sites is 2. The minimum absolute atomic E-state index is 0. The number of hydrogen-bond donors (Lipinski definition) is 2. The molecule has 31 heavy (non-hydrogen) atoms. The third-order valence-corrected chi connectivity index (χ3v) is 4.94. The van der Waals surface area contributed by atoms with Gasteiger partial charge >= 0.3 is 6.61 Å². The number of anilines is 1. The van der Waals surface area contributed by atoms with Crippen LogP contribution in [0.25, 0.3) is 0 Å². The van der Waals surface area contributed by atoms with Crippen LogP contribution in [0.15, 0.2) is 53.5 Å². The second-order valence-corrected chi connectivity index (χ2v) is 7.10. The Balaban J connectivity index is 0.00000341. The SMILES string of the molecule is CN=C(NCc1cccc(COC)c1)NC1CCN(c2ccccc2OC(F)F)C1.I. The molecule has 2 N–H and O–H groups in total. The maximum Gasteiger partial charge on any atom is 0.387 e. The van der Waals surface area contributed by atoms with Crippen LogP contribution in [0.4, 0.5) is 14.5 Å². The van der Waals surface area contributed by atoms with Crippen molar-refractivity contribution in [3.05, 3.63) is 59.7 Å². The van der Waals surface area contributed by atoms with E-state index >= 15 is 0 Å². The standard InChI is InChI=1S/C22H28F2N4O2.HI/c1-25-22(26-13-16-6-5-7-17(12-16)15-29-2)27-18-10-11-28(14-18)19-8-3-4-9-20(19)30-21(23)24;/h3-9,12,18,21H,10-11,13-15H2,1-2H3,(H2,25,26,27);1H. The van der Waals surface area contributed by atoms with Crippen LogP contribution in [0, 0.1) is 0 Å². The minimum atomic E-state index is -2.84. The first-order chi connectivity index (χ1) is 14.6. The summed E-state index contributed by atoms with van der Waals surface area (Å²) < 4.78 is 35.2. The zero-order valence-corrected chi connectivity index (χ0v) is 20.0. The van der Waals surface area contributed by atoms with Gasteiger partial charge in [-0.25, -0.2) is 0 Å². The number of benzene rings is 2. The Bertz CT molecular complexity index is 854. The fraction of sp³-hybridized carbons (Fsp3) is 0.409. The molecule has 0 saturated carbocycles. The van der Waals surface area contributed by atoms with Gasteiger partial charge in [-0.2, -0.15) is 8.78 Å². The summed E-state index contributed by atoms with van der Waals surface area (Å²) in [6.07, 6.45) is 0.868. The van der Waals surface area contributed by atoms with Crippen molar-refractivity contribution in [2.24, 2.45) is 4.99 Å². The second kappa shape index (κ2) is 12.7. The van der Waals surface area contributed by atoms with E-state index in [0.717, 1.165) is 24.1 Å². The molecular formula is C22H29F2IN4O2. The molecule has 0 amide bonds. The van der Waals surface area contributed by atoms with Gasteiger partial charge in [0.05, 0.1) is 12.3 Å². The first-order valence-corrected chi connectivity index (χ1v) is 9.91. The zero-order chi connectivity index (χ0) is 21.3. The van der Waals surface area contributed by atoms with E-state index in [1.165, 1.54) is 0 Å². The highest BCUT2D eigenvalue weighted by Gasteiger charge is 2.26. The van der Waals surface area contributed by atoms with E-state index in [1.54, 1.807) is 32.4 Å². The predicted molar refractivity (Wildman–Crippen MR) is 130 cm³/mol. The van der Waals surface area contributed by atoms with Gasteiger partial charge in [0, 0.05) is 39.8 Å². The van der Waals surface area contributed by atoms with Crippen LogP contribution in [0.2, 0.25) is 0 Å². The molecule has 1 fully saturated rings. The molecule has 0 bridgehead atoms. The van der Waals surface area contributed by atoms with E-state index in [4.69, 9.17) is 4.74 Å². The Kier molecular flexibility index (Phi) is 10.3. The number of halogens is 3. The van der Waals surface area contributed by atoms with Crippen molar-refractivity contribution >= 4 is 35.6 Å². The molecule has 9 heteroatoms. The lowest BCUT2D eigenvalue weighted by Crippen LogP contribution is -2.44. The normalized spacial score (nSPS) is 16.2. The van der Waals surface area contributed by atoms with Crippen molar-refractivity contribution < 1.29 is 18.3 Å². The number of aliphatic imine (C=N–C) groups is 1. The van der Waals surface area contributed by atoms with Gasteiger partial charge in [-0.15, -0.1) is 24.0 Å². The van der Waals surface area contributed by atoms with Crippen molar-refractivity contribution in [2.75, 3.05) is 32.1 Å². The van der Waals surface area contributed by atoms with Crippen LogP contribution in [0.5, 0.6) is 5.75 Å². The van der Waals surface area contributed by atoms with Crippen molar-refractivity contribution in [3.63, 3.8) is 0 Å². The van der Waals surface area contributed by atoms with E-state index < -0.39 is 6.61 Å². The van der Waals surface area contributed by atoms with Gasteiger partial charge in [0.2, 0.25) is 0 Å². The summed E-state index contributed by atoms with van der Waals surface area (Å²) in [4.78, 5) is 6.36. The Morgan fingerprint density at radius 1 is 1.19 bits per heavy atom. The highest BCUT2D eigenvalue weighted by Crippen LogP contribution is 2.31. The highest BCUT2D eigenvalue weighted by molar-refractivity contribution is 14.0. The van der Waals surface area contributed by atoms with Gasteiger partial charge in [0.25, 0.3) is 0 Å². The van der Waals surface area contributed by atoms with Gasteiger partial charge in [0.15, 0.2) is 5.96 Å². The van der Waals surface area contributed by atoms with E-state index in [0.29, 0.717) is 31.3 Å². The molecule has 1 aliphatic heterocycles. The highest BCUT2D eigenvalue weighted by atomic mass is 127. The summed E-state index contributed by atoms with van der Waals surface area (Å²) in [5.41, 5.74) is 2.94.